The molecule has 0 N–H and O–H groups in total. The van der Waals surface area contributed by atoms with Crippen LogP contribution in [-0.4, -0.2) is 9.55 Å². The van der Waals surface area contributed by atoms with Gasteiger partial charge >= 0.3 is 4.87 Å². The fourth-order valence-electron chi connectivity index (χ4n) is 1.29. The van der Waals surface area contributed by atoms with Crippen molar-refractivity contribution in [2.24, 2.45) is 0 Å². The van der Waals surface area contributed by atoms with Gasteiger partial charge in [-0.1, -0.05) is 22.9 Å². The van der Waals surface area contributed by atoms with Crippen molar-refractivity contribution in [3.05, 3.63) is 49.8 Å². The van der Waals surface area contributed by atoms with Crippen LogP contribution in [-0.2, 0) is 6.54 Å². The van der Waals surface area contributed by atoms with Crippen molar-refractivity contribution in [1.82, 2.24) is 9.55 Å². The second-order valence-corrected chi connectivity index (χ2v) is 4.45. The second kappa shape index (κ2) is 4.16. The van der Waals surface area contributed by atoms with Gasteiger partial charge in [-0.15, -0.1) is 0 Å². The van der Waals surface area contributed by atoms with Gasteiger partial charge in [0.1, 0.15) is 0 Å². The fourth-order valence-corrected chi connectivity index (χ4v) is 2.21. The van der Waals surface area contributed by atoms with Gasteiger partial charge in [0.05, 0.1) is 12.2 Å². The molecule has 0 aliphatic rings. The minimum Gasteiger partial charge on any atom is -0.297 e. The van der Waals surface area contributed by atoms with Gasteiger partial charge in [0.15, 0.2) is 0 Å². The molecule has 5 heteroatoms. The van der Waals surface area contributed by atoms with Gasteiger partial charge in [-0.2, -0.15) is 0 Å². The number of hydrogen-bond acceptors (Lipinski definition) is 3. The highest BCUT2D eigenvalue weighted by atomic mass is 35.5. The Bertz CT molecular complexity index is 532. The summed E-state index contributed by atoms with van der Waals surface area (Å²) in [5.74, 6) is 0. The molecule has 2 rings (SSSR count). The predicted octanol–water partition coefficient (Wildman–Crippen LogP) is 2.31. The first-order valence-electron chi connectivity index (χ1n) is 4.42. The van der Waals surface area contributed by atoms with Crippen molar-refractivity contribution in [2.45, 2.75) is 13.5 Å². The number of nitrogens with zero attached hydrogens (tertiary/aromatic N) is 2. The molecule has 0 amide bonds. The summed E-state index contributed by atoms with van der Waals surface area (Å²) in [7, 11) is 0. The number of rotatable bonds is 2. The van der Waals surface area contributed by atoms with E-state index in [0.29, 0.717) is 11.6 Å². The minimum absolute atomic E-state index is 0.0364. The molecule has 0 unspecified atom stereocenters. The second-order valence-electron chi connectivity index (χ2n) is 3.19. The number of pyridine rings is 1. The molecule has 0 spiro atoms. The van der Waals surface area contributed by atoms with Gasteiger partial charge in [0.25, 0.3) is 0 Å². The SMILES string of the molecule is Cc1csc(=O)n1Cc1cc(Cl)ccn1. The molecular formula is C10H9ClN2OS. The van der Waals surface area contributed by atoms with Crippen LogP contribution in [0.3, 0.4) is 0 Å². The van der Waals surface area contributed by atoms with E-state index in [1.54, 1.807) is 22.9 Å². The summed E-state index contributed by atoms with van der Waals surface area (Å²) in [6.45, 7) is 2.39. The van der Waals surface area contributed by atoms with Crippen LogP contribution in [0.2, 0.25) is 5.02 Å². The normalized spacial score (nSPS) is 10.5. The molecule has 2 aromatic rings. The smallest absolute Gasteiger partial charge is 0.297 e. The number of halogens is 1. The number of aromatic nitrogens is 2. The monoisotopic (exact) mass is 240 g/mol. The third kappa shape index (κ3) is 2.27. The molecule has 0 aromatic carbocycles. The van der Waals surface area contributed by atoms with Crippen molar-refractivity contribution < 1.29 is 0 Å². The number of thiazole rings is 1. The highest BCUT2D eigenvalue weighted by molar-refractivity contribution is 7.07. The molecule has 0 saturated carbocycles. The molecule has 78 valence electrons. The minimum atomic E-state index is 0.0364. The Kier molecular flexibility index (Phi) is 2.88. The fraction of sp³-hybridized carbons (Fsp3) is 0.200. The zero-order valence-electron chi connectivity index (χ0n) is 8.11. The van der Waals surface area contributed by atoms with Gasteiger partial charge in [-0.25, -0.2) is 0 Å². The van der Waals surface area contributed by atoms with E-state index < -0.39 is 0 Å². The number of hydrogen-bond donors (Lipinski definition) is 0. The standard InChI is InChI=1S/C10H9ClN2OS/c1-7-6-15-10(14)13(7)5-9-4-8(11)2-3-12-9/h2-4,6H,5H2,1H3. The first-order valence-corrected chi connectivity index (χ1v) is 5.68. The Balaban J connectivity index is 2.33. The largest absolute Gasteiger partial charge is 0.307 e. The number of aryl methyl sites for hydroxylation is 1. The lowest BCUT2D eigenvalue weighted by molar-refractivity contribution is 0.735. The maximum absolute atomic E-state index is 11.5. The molecule has 2 aromatic heterocycles. The first kappa shape index (κ1) is 10.4. The lowest BCUT2D eigenvalue weighted by Crippen LogP contribution is -2.15. The zero-order valence-corrected chi connectivity index (χ0v) is 9.68. The quantitative estimate of drug-likeness (QED) is 0.808. The molecule has 15 heavy (non-hydrogen) atoms. The van der Waals surface area contributed by atoms with Gasteiger partial charge in [-0.3, -0.25) is 14.3 Å². The van der Waals surface area contributed by atoms with E-state index in [1.807, 2.05) is 12.3 Å². The first-order chi connectivity index (χ1) is 7.16. The molecule has 0 aliphatic heterocycles. The van der Waals surface area contributed by atoms with Crippen LogP contribution in [0.25, 0.3) is 0 Å². The molecule has 0 saturated heterocycles. The van der Waals surface area contributed by atoms with Crippen molar-refractivity contribution in [3.63, 3.8) is 0 Å². The summed E-state index contributed by atoms with van der Waals surface area (Å²) in [5, 5.41) is 2.48. The van der Waals surface area contributed by atoms with E-state index in [-0.39, 0.29) is 4.87 Å². The summed E-state index contributed by atoms with van der Waals surface area (Å²) in [5.41, 5.74) is 1.75. The summed E-state index contributed by atoms with van der Waals surface area (Å²) < 4.78 is 1.68. The van der Waals surface area contributed by atoms with Crippen LogP contribution in [0, 0.1) is 6.92 Å². The molecule has 0 atom stereocenters. The highest BCUT2D eigenvalue weighted by Gasteiger charge is 2.04. The molecule has 2 heterocycles. The summed E-state index contributed by atoms with van der Waals surface area (Å²) in [6, 6.07) is 3.49. The lowest BCUT2D eigenvalue weighted by Gasteiger charge is -2.03. The van der Waals surface area contributed by atoms with Gasteiger partial charge in [0.2, 0.25) is 0 Å². The third-order valence-corrected chi connectivity index (χ3v) is 3.19. The van der Waals surface area contributed by atoms with Crippen LogP contribution in [0.1, 0.15) is 11.4 Å². The van der Waals surface area contributed by atoms with E-state index in [2.05, 4.69) is 4.98 Å². The van der Waals surface area contributed by atoms with Gasteiger partial charge < -0.3 is 0 Å². The highest BCUT2D eigenvalue weighted by Crippen LogP contribution is 2.10. The molecule has 0 bridgehead atoms. The summed E-state index contributed by atoms with van der Waals surface area (Å²) in [4.78, 5) is 15.6. The van der Waals surface area contributed by atoms with E-state index in [4.69, 9.17) is 11.6 Å². The van der Waals surface area contributed by atoms with Crippen molar-refractivity contribution >= 4 is 22.9 Å². The molecule has 0 aliphatic carbocycles. The Hall–Kier alpha value is -1.13. The average molecular weight is 241 g/mol. The third-order valence-electron chi connectivity index (χ3n) is 2.08. The maximum Gasteiger partial charge on any atom is 0.307 e. The lowest BCUT2D eigenvalue weighted by atomic mass is 10.3. The van der Waals surface area contributed by atoms with E-state index in [0.717, 1.165) is 11.4 Å². The maximum atomic E-state index is 11.5. The topological polar surface area (TPSA) is 34.9 Å². The van der Waals surface area contributed by atoms with Gasteiger partial charge in [-0.05, 0) is 19.1 Å². The van der Waals surface area contributed by atoms with Crippen LogP contribution < -0.4 is 4.87 Å². The molecule has 3 nitrogen and oxygen atoms in total. The van der Waals surface area contributed by atoms with Crippen molar-refractivity contribution in [3.8, 4) is 0 Å². The Morgan fingerprint density at radius 3 is 3.00 bits per heavy atom. The summed E-state index contributed by atoms with van der Waals surface area (Å²) >= 11 is 7.04. The predicted molar refractivity (Wildman–Crippen MR) is 61.7 cm³/mol. The van der Waals surface area contributed by atoms with Crippen LogP contribution in [0.15, 0.2) is 28.5 Å². The average Bonchev–Trinajstić information content (AvgIpc) is 2.50. The molecule has 0 radical (unpaired) electrons. The Labute approximate surface area is 96.0 Å². The van der Waals surface area contributed by atoms with Gasteiger partial charge in [0, 0.05) is 22.3 Å². The van der Waals surface area contributed by atoms with Crippen LogP contribution in [0.4, 0.5) is 0 Å². The van der Waals surface area contributed by atoms with Crippen molar-refractivity contribution in [2.75, 3.05) is 0 Å². The summed E-state index contributed by atoms with van der Waals surface area (Å²) in [6.07, 6.45) is 1.64. The van der Waals surface area contributed by atoms with E-state index >= 15 is 0 Å². The van der Waals surface area contributed by atoms with Crippen LogP contribution in [0.5, 0.6) is 0 Å². The van der Waals surface area contributed by atoms with Crippen LogP contribution >= 0.6 is 22.9 Å². The van der Waals surface area contributed by atoms with E-state index in [1.165, 1.54) is 11.3 Å². The van der Waals surface area contributed by atoms with Crippen molar-refractivity contribution in [1.29, 1.82) is 0 Å². The Morgan fingerprint density at radius 1 is 1.60 bits per heavy atom. The zero-order chi connectivity index (χ0) is 10.8. The van der Waals surface area contributed by atoms with E-state index in [9.17, 15) is 4.79 Å². The molecular weight excluding hydrogens is 232 g/mol. The molecule has 0 fully saturated rings. The Morgan fingerprint density at radius 2 is 2.40 bits per heavy atom.